The molecule has 1 saturated carbocycles. The van der Waals surface area contributed by atoms with Crippen LogP contribution in [0.4, 0.5) is 0 Å². The Kier molecular flexibility index (Phi) is 6.35. The zero-order chi connectivity index (χ0) is 16.3. The van der Waals surface area contributed by atoms with Crippen molar-refractivity contribution >= 4 is 18.3 Å². The van der Waals surface area contributed by atoms with E-state index in [1.54, 1.807) is 7.11 Å². The Bertz CT molecular complexity index is 561. The molecule has 5 nitrogen and oxygen atoms in total. The maximum absolute atomic E-state index is 12.6. The minimum absolute atomic E-state index is 0. The number of hydrogen-bond acceptors (Lipinski definition) is 4. The van der Waals surface area contributed by atoms with Crippen molar-refractivity contribution < 1.29 is 14.3 Å². The number of nitrogens with zero attached hydrogens (tertiary/aromatic N) is 1. The average Bonchev–Trinajstić information content (AvgIpc) is 3.28. The normalized spacial score (nSPS) is 20.8. The van der Waals surface area contributed by atoms with Crippen LogP contribution in [0, 0.1) is 11.3 Å². The molecule has 134 valence electrons. The SMILES string of the molecule is COc1ccccc1OCCN(C)C(=O)C1CC12CCNCC2.Cl. The van der Waals surface area contributed by atoms with Crippen LogP contribution < -0.4 is 14.8 Å². The van der Waals surface area contributed by atoms with Crippen LogP contribution in [0.1, 0.15) is 19.3 Å². The van der Waals surface area contributed by atoms with Crippen LogP contribution in [-0.2, 0) is 4.79 Å². The van der Waals surface area contributed by atoms with Crippen molar-refractivity contribution in [2.75, 3.05) is 40.4 Å². The van der Waals surface area contributed by atoms with E-state index >= 15 is 0 Å². The first-order chi connectivity index (χ1) is 11.2. The number of rotatable bonds is 6. The van der Waals surface area contributed by atoms with Crippen molar-refractivity contribution in [3.05, 3.63) is 24.3 Å². The zero-order valence-corrected chi connectivity index (χ0v) is 15.2. The fraction of sp³-hybridized carbons (Fsp3) is 0.611. The molecule has 1 amide bonds. The van der Waals surface area contributed by atoms with Gasteiger partial charge >= 0.3 is 0 Å². The summed E-state index contributed by atoms with van der Waals surface area (Å²) < 4.78 is 11.0. The average molecular weight is 355 g/mol. The van der Waals surface area contributed by atoms with E-state index in [4.69, 9.17) is 9.47 Å². The molecule has 2 fully saturated rings. The molecule has 1 aromatic carbocycles. The second-order valence-electron chi connectivity index (χ2n) is 6.63. The third kappa shape index (κ3) is 3.95. The van der Waals surface area contributed by atoms with Crippen molar-refractivity contribution in [1.82, 2.24) is 10.2 Å². The maximum atomic E-state index is 12.6. The summed E-state index contributed by atoms with van der Waals surface area (Å²) in [4.78, 5) is 14.4. The van der Waals surface area contributed by atoms with Crippen molar-refractivity contribution in [2.45, 2.75) is 19.3 Å². The Morgan fingerprint density at radius 2 is 1.96 bits per heavy atom. The predicted molar refractivity (Wildman–Crippen MR) is 96.0 cm³/mol. The summed E-state index contributed by atoms with van der Waals surface area (Å²) >= 11 is 0. The molecule has 1 aliphatic carbocycles. The van der Waals surface area contributed by atoms with E-state index in [2.05, 4.69) is 5.32 Å². The molecule has 6 heteroatoms. The highest BCUT2D eigenvalue weighted by Crippen LogP contribution is 2.59. The molecule has 3 rings (SSSR count). The predicted octanol–water partition coefficient (Wildman–Crippen LogP) is 2.34. The number of para-hydroxylation sites is 2. The van der Waals surface area contributed by atoms with Crippen LogP contribution in [-0.4, -0.2) is 51.2 Å². The summed E-state index contributed by atoms with van der Waals surface area (Å²) in [6, 6.07) is 7.57. The lowest BCUT2D eigenvalue weighted by Crippen LogP contribution is -2.36. The van der Waals surface area contributed by atoms with E-state index in [0.29, 0.717) is 18.6 Å². The molecule has 1 aliphatic heterocycles. The van der Waals surface area contributed by atoms with Gasteiger partial charge in [-0.2, -0.15) is 0 Å². The molecule has 0 aromatic heterocycles. The van der Waals surface area contributed by atoms with E-state index in [-0.39, 0.29) is 24.2 Å². The quantitative estimate of drug-likeness (QED) is 0.852. The first-order valence-corrected chi connectivity index (χ1v) is 8.38. The number of carbonyl (C=O) groups is 1. The molecule has 1 aromatic rings. The van der Waals surface area contributed by atoms with Crippen LogP contribution in [0.5, 0.6) is 11.5 Å². The van der Waals surface area contributed by atoms with Gasteiger partial charge in [-0.05, 0) is 49.9 Å². The minimum Gasteiger partial charge on any atom is -0.493 e. The second kappa shape index (κ2) is 8.08. The third-order valence-corrected chi connectivity index (χ3v) is 5.22. The number of amides is 1. The smallest absolute Gasteiger partial charge is 0.226 e. The highest BCUT2D eigenvalue weighted by Gasteiger charge is 2.58. The molecular formula is C18H27ClN2O3. The summed E-state index contributed by atoms with van der Waals surface area (Å²) in [5.74, 6) is 1.94. The summed E-state index contributed by atoms with van der Waals surface area (Å²) in [7, 11) is 3.50. The number of nitrogens with one attached hydrogen (secondary N) is 1. The number of ether oxygens (including phenoxy) is 2. The van der Waals surface area contributed by atoms with Crippen LogP contribution in [0.2, 0.25) is 0 Å². The fourth-order valence-electron chi connectivity index (χ4n) is 3.58. The lowest BCUT2D eigenvalue weighted by Gasteiger charge is -2.25. The van der Waals surface area contributed by atoms with E-state index < -0.39 is 0 Å². The number of piperidine rings is 1. The Morgan fingerprint density at radius 3 is 2.62 bits per heavy atom. The van der Waals surface area contributed by atoms with Gasteiger partial charge in [0.05, 0.1) is 13.7 Å². The number of halogens is 1. The topological polar surface area (TPSA) is 50.8 Å². The first kappa shape index (κ1) is 18.9. The Hall–Kier alpha value is -1.46. The lowest BCUT2D eigenvalue weighted by molar-refractivity contribution is -0.132. The Labute approximate surface area is 150 Å². The highest BCUT2D eigenvalue weighted by molar-refractivity contribution is 5.85. The molecule has 1 N–H and O–H groups in total. The molecule has 2 aliphatic rings. The summed E-state index contributed by atoms with van der Waals surface area (Å²) in [6.07, 6.45) is 3.33. The number of hydrogen-bond donors (Lipinski definition) is 1. The first-order valence-electron chi connectivity index (χ1n) is 8.38. The van der Waals surface area contributed by atoms with Crippen molar-refractivity contribution in [3.8, 4) is 11.5 Å². The highest BCUT2D eigenvalue weighted by atomic mass is 35.5. The second-order valence-corrected chi connectivity index (χ2v) is 6.63. The summed E-state index contributed by atoms with van der Waals surface area (Å²) in [5.41, 5.74) is 0.292. The van der Waals surface area contributed by atoms with Gasteiger partial charge in [-0.25, -0.2) is 0 Å². The van der Waals surface area contributed by atoms with Gasteiger partial charge in [-0.1, -0.05) is 12.1 Å². The van der Waals surface area contributed by atoms with Gasteiger partial charge in [0.1, 0.15) is 6.61 Å². The minimum atomic E-state index is 0. The Morgan fingerprint density at radius 1 is 1.29 bits per heavy atom. The van der Waals surface area contributed by atoms with Crippen LogP contribution >= 0.6 is 12.4 Å². The van der Waals surface area contributed by atoms with Crippen molar-refractivity contribution in [2.24, 2.45) is 11.3 Å². The third-order valence-electron chi connectivity index (χ3n) is 5.22. The van der Waals surface area contributed by atoms with E-state index in [0.717, 1.165) is 43.9 Å². The number of benzene rings is 1. The largest absolute Gasteiger partial charge is 0.493 e. The van der Waals surface area contributed by atoms with Crippen LogP contribution in [0.25, 0.3) is 0 Å². The van der Waals surface area contributed by atoms with Gasteiger partial charge in [0, 0.05) is 13.0 Å². The van der Waals surface area contributed by atoms with Gasteiger partial charge in [-0.3, -0.25) is 4.79 Å². The number of carbonyl (C=O) groups excluding carboxylic acids is 1. The van der Waals surface area contributed by atoms with E-state index in [1.165, 1.54) is 0 Å². The molecule has 1 atom stereocenters. The van der Waals surface area contributed by atoms with Gasteiger partial charge < -0.3 is 19.7 Å². The van der Waals surface area contributed by atoms with Crippen LogP contribution in [0.15, 0.2) is 24.3 Å². The fourth-order valence-corrected chi connectivity index (χ4v) is 3.58. The molecule has 1 heterocycles. The van der Waals surface area contributed by atoms with Gasteiger partial charge in [-0.15, -0.1) is 12.4 Å². The van der Waals surface area contributed by atoms with Crippen LogP contribution in [0.3, 0.4) is 0 Å². The molecule has 24 heavy (non-hydrogen) atoms. The van der Waals surface area contributed by atoms with Gasteiger partial charge in [0.15, 0.2) is 11.5 Å². The van der Waals surface area contributed by atoms with E-state index in [9.17, 15) is 4.79 Å². The van der Waals surface area contributed by atoms with Crippen molar-refractivity contribution in [1.29, 1.82) is 0 Å². The maximum Gasteiger partial charge on any atom is 0.226 e. The number of methoxy groups -OCH3 is 1. The van der Waals surface area contributed by atoms with Gasteiger partial charge in [0.25, 0.3) is 0 Å². The van der Waals surface area contributed by atoms with Gasteiger partial charge in [0.2, 0.25) is 5.91 Å². The molecule has 1 spiro atoms. The molecule has 0 bridgehead atoms. The molecule has 1 unspecified atom stereocenters. The standard InChI is InChI=1S/C18H26N2O3.ClH/c1-20(11-12-23-16-6-4-3-5-15(16)22-2)17(21)14-13-18(14)7-9-19-10-8-18;/h3-6,14,19H,7-13H2,1-2H3;1H. The molecule has 1 saturated heterocycles. The number of likely N-dealkylation sites (N-methyl/N-ethyl adjacent to an activating group) is 1. The van der Waals surface area contributed by atoms with E-state index in [1.807, 2.05) is 36.2 Å². The zero-order valence-electron chi connectivity index (χ0n) is 14.4. The molecular weight excluding hydrogens is 328 g/mol. The lowest BCUT2D eigenvalue weighted by atomic mass is 9.91. The molecule has 0 radical (unpaired) electrons. The monoisotopic (exact) mass is 354 g/mol. The summed E-state index contributed by atoms with van der Waals surface area (Å²) in [5, 5.41) is 3.38. The van der Waals surface area contributed by atoms with Crippen molar-refractivity contribution in [3.63, 3.8) is 0 Å². The summed E-state index contributed by atoms with van der Waals surface area (Å²) in [6.45, 7) is 3.17. The Balaban J connectivity index is 0.00000208.